The highest BCUT2D eigenvalue weighted by molar-refractivity contribution is 9.09. The summed E-state index contributed by atoms with van der Waals surface area (Å²) in [6.45, 7) is 0. The van der Waals surface area contributed by atoms with Crippen molar-refractivity contribution >= 4 is 21.8 Å². The summed E-state index contributed by atoms with van der Waals surface area (Å²) in [5, 5.41) is 3.43. The number of halogens is 4. The molecule has 1 N–H and O–H groups in total. The van der Waals surface area contributed by atoms with E-state index in [0.717, 1.165) is 36.7 Å². The molecule has 1 saturated carbocycles. The molecule has 0 bridgehead atoms. The van der Waals surface area contributed by atoms with Crippen LogP contribution in [0.4, 0.5) is 13.2 Å². The van der Waals surface area contributed by atoms with Crippen LogP contribution in [0.5, 0.6) is 0 Å². The van der Waals surface area contributed by atoms with Crippen LogP contribution < -0.4 is 5.32 Å². The lowest BCUT2D eigenvalue weighted by Crippen LogP contribution is -2.38. The quantitative estimate of drug-likeness (QED) is 0.665. The number of carbonyl (C=O) groups is 1. The fourth-order valence-electron chi connectivity index (χ4n) is 2.36. The third kappa shape index (κ3) is 2.94. The third-order valence-corrected chi connectivity index (χ3v) is 4.29. The van der Waals surface area contributed by atoms with Gasteiger partial charge in [0.2, 0.25) is 0 Å². The van der Waals surface area contributed by atoms with E-state index >= 15 is 0 Å². The first kappa shape index (κ1) is 14.4. The Balaban J connectivity index is 2.14. The molecule has 0 radical (unpaired) electrons. The Morgan fingerprint density at radius 3 is 2.68 bits per heavy atom. The summed E-state index contributed by atoms with van der Waals surface area (Å²) in [7, 11) is 0. The fourth-order valence-corrected chi connectivity index (χ4v) is 3.13. The Morgan fingerprint density at radius 2 is 2.00 bits per heavy atom. The number of hydrogen-bond donors (Lipinski definition) is 1. The lowest BCUT2D eigenvalue weighted by molar-refractivity contribution is 0.0925. The van der Waals surface area contributed by atoms with Gasteiger partial charge in [-0.25, -0.2) is 13.2 Å². The Bertz CT molecular complexity index is 495. The largest absolute Gasteiger partial charge is 0.349 e. The van der Waals surface area contributed by atoms with Crippen LogP contribution in [0.25, 0.3) is 0 Å². The van der Waals surface area contributed by atoms with E-state index in [1.165, 1.54) is 0 Å². The summed E-state index contributed by atoms with van der Waals surface area (Å²) in [5.74, 6) is -4.76. The summed E-state index contributed by atoms with van der Waals surface area (Å²) in [6.07, 6.45) is 2.78. The number of benzene rings is 1. The van der Waals surface area contributed by atoms with Crippen molar-refractivity contribution in [1.29, 1.82) is 0 Å². The fraction of sp³-hybridized carbons (Fsp3) is 0.462. The smallest absolute Gasteiger partial charge is 0.254 e. The zero-order chi connectivity index (χ0) is 14.0. The average Bonchev–Trinajstić information content (AvgIpc) is 2.83. The normalized spacial score (nSPS) is 22.5. The van der Waals surface area contributed by atoms with Crippen molar-refractivity contribution in [3.05, 3.63) is 35.1 Å². The maximum absolute atomic E-state index is 13.5. The number of rotatable bonds is 3. The molecule has 6 heteroatoms. The topological polar surface area (TPSA) is 29.1 Å². The highest BCUT2D eigenvalue weighted by Gasteiger charge is 2.29. The van der Waals surface area contributed by atoms with Crippen LogP contribution in [-0.4, -0.2) is 17.3 Å². The second-order valence-corrected chi connectivity index (χ2v) is 5.30. The van der Waals surface area contributed by atoms with Gasteiger partial charge in [-0.3, -0.25) is 4.79 Å². The first-order valence-corrected chi connectivity index (χ1v) is 7.17. The van der Waals surface area contributed by atoms with Crippen LogP contribution in [0.2, 0.25) is 0 Å². The van der Waals surface area contributed by atoms with E-state index in [0.29, 0.717) is 0 Å². The van der Waals surface area contributed by atoms with Crippen molar-refractivity contribution in [2.75, 3.05) is 5.33 Å². The van der Waals surface area contributed by atoms with Gasteiger partial charge in [0.1, 0.15) is 0 Å². The number of nitrogens with one attached hydrogen (secondary N) is 1. The molecule has 1 aromatic rings. The second kappa shape index (κ2) is 5.94. The van der Waals surface area contributed by atoms with Gasteiger partial charge in [0.25, 0.3) is 5.91 Å². The lowest BCUT2D eigenvalue weighted by atomic mass is 10.1. The monoisotopic (exact) mass is 335 g/mol. The molecule has 104 valence electrons. The lowest BCUT2D eigenvalue weighted by Gasteiger charge is -2.19. The van der Waals surface area contributed by atoms with Crippen molar-refractivity contribution in [3.8, 4) is 0 Å². The molecule has 0 saturated heterocycles. The van der Waals surface area contributed by atoms with Crippen molar-refractivity contribution in [3.63, 3.8) is 0 Å². The van der Waals surface area contributed by atoms with Gasteiger partial charge in [0.15, 0.2) is 17.5 Å². The van der Waals surface area contributed by atoms with Crippen molar-refractivity contribution in [1.82, 2.24) is 5.32 Å². The molecule has 2 rings (SSSR count). The average molecular weight is 336 g/mol. The van der Waals surface area contributed by atoms with Gasteiger partial charge in [-0.1, -0.05) is 22.4 Å². The molecular formula is C13H13BrF3NO. The van der Waals surface area contributed by atoms with Gasteiger partial charge in [0.05, 0.1) is 5.56 Å². The van der Waals surface area contributed by atoms with Crippen LogP contribution in [0, 0.1) is 23.4 Å². The van der Waals surface area contributed by atoms with Crippen molar-refractivity contribution in [2.45, 2.75) is 25.3 Å². The molecule has 0 spiro atoms. The first-order chi connectivity index (χ1) is 9.04. The summed E-state index contributed by atoms with van der Waals surface area (Å²) in [4.78, 5) is 11.9. The Kier molecular flexibility index (Phi) is 4.50. The van der Waals surface area contributed by atoms with E-state index in [4.69, 9.17) is 0 Å². The highest BCUT2D eigenvalue weighted by atomic mass is 79.9. The summed E-state index contributed by atoms with van der Waals surface area (Å²) in [5.41, 5.74) is -0.459. The molecule has 1 aliphatic rings. The molecule has 0 aromatic heterocycles. The van der Waals surface area contributed by atoms with Crippen LogP contribution >= 0.6 is 15.9 Å². The standard InChI is InChI=1S/C13H13BrF3NO/c14-6-7-2-1-3-10(7)18-13(19)8-4-5-9(15)12(17)11(8)16/h4-5,7,10H,1-3,6H2,(H,18,19). The zero-order valence-electron chi connectivity index (χ0n) is 10.1. The minimum absolute atomic E-state index is 0.0561. The zero-order valence-corrected chi connectivity index (χ0v) is 11.6. The number of alkyl halides is 1. The SMILES string of the molecule is O=C(NC1CCCC1CBr)c1ccc(F)c(F)c1F. The van der Waals surface area contributed by atoms with E-state index < -0.39 is 28.9 Å². The minimum Gasteiger partial charge on any atom is -0.349 e. The molecule has 2 unspecified atom stereocenters. The number of amides is 1. The molecule has 1 aliphatic carbocycles. The highest BCUT2D eigenvalue weighted by Crippen LogP contribution is 2.27. The molecule has 0 aliphatic heterocycles. The maximum Gasteiger partial charge on any atom is 0.254 e. The predicted octanol–water partition coefficient (Wildman–Crippen LogP) is 3.40. The van der Waals surface area contributed by atoms with Gasteiger partial charge in [-0.15, -0.1) is 0 Å². The molecular weight excluding hydrogens is 323 g/mol. The predicted molar refractivity (Wildman–Crippen MR) is 68.7 cm³/mol. The molecule has 2 atom stereocenters. The summed E-state index contributed by atoms with van der Waals surface area (Å²) in [6, 6.07) is 1.66. The summed E-state index contributed by atoms with van der Waals surface area (Å²) >= 11 is 3.36. The molecule has 19 heavy (non-hydrogen) atoms. The van der Waals surface area contributed by atoms with E-state index in [1.54, 1.807) is 0 Å². The van der Waals surface area contributed by atoms with Gasteiger partial charge in [0, 0.05) is 11.4 Å². The van der Waals surface area contributed by atoms with Crippen LogP contribution in [0.1, 0.15) is 29.6 Å². The van der Waals surface area contributed by atoms with E-state index in [-0.39, 0.29) is 12.0 Å². The Labute approximate surface area is 117 Å². The van der Waals surface area contributed by atoms with Gasteiger partial charge >= 0.3 is 0 Å². The van der Waals surface area contributed by atoms with E-state index in [2.05, 4.69) is 21.2 Å². The molecule has 1 amide bonds. The van der Waals surface area contributed by atoms with E-state index in [1.807, 2.05) is 0 Å². The number of hydrogen-bond acceptors (Lipinski definition) is 1. The molecule has 1 aromatic carbocycles. The Hall–Kier alpha value is -1.04. The van der Waals surface area contributed by atoms with Crippen LogP contribution in [-0.2, 0) is 0 Å². The second-order valence-electron chi connectivity index (χ2n) is 4.65. The Morgan fingerprint density at radius 1 is 1.26 bits per heavy atom. The van der Waals surface area contributed by atoms with E-state index in [9.17, 15) is 18.0 Å². The van der Waals surface area contributed by atoms with Gasteiger partial charge in [-0.05, 0) is 30.9 Å². The molecule has 1 fully saturated rings. The summed E-state index contributed by atoms with van der Waals surface area (Å²) < 4.78 is 39.3. The van der Waals surface area contributed by atoms with Gasteiger partial charge in [-0.2, -0.15) is 0 Å². The van der Waals surface area contributed by atoms with Gasteiger partial charge < -0.3 is 5.32 Å². The molecule has 0 heterocycles. The van der Waals surface area contributed by atoms with Crippen molar-refractivity contribution < 1.29 is 18.0 Å². The maximum atomic E-state index is 13.5. The molecule has 2 nitrogen and oxygen atoms in total. The van der Waals surface area contributed by atoms with Crippen LogP contribution in [0.15, 0.2) is 12.1 Å². The first-order valence-electron chi connectivity index (χ1n) is 6.05. The minimum atomic E-state index is -1.61. The van der Waals surface area contributed by atoms with Crippen molar-refractivity contribution in [2.24, 2.45) is 5.92 Å². The van der Waals surface area contributed by atoms with Crippen LogP contribution in [0.3, 0.4) is 0 Å². The number of carbonyl (C=O) groups excluding carboxylic acids is 1. The third-order valence-electron chi connectivity index (χ3n) is 3.45.